The van der Waals surface area contributed by atoms with Gasteiger partial charge >= 0.3 is 0 Å². The van der Waals surface area contributed by atoms with Gasteiger partial charge in [0.1, 0.15) is 5.75 Å². The summed E-state index contributed by atoms with van der Waals surface area (Å²) in [5, 5.41) is 3.90. The van der Waals surface area contributed by atoms with Crippen molar-refractivity contribution in [2.24, 2.45) is 0 Å². The van der Waals surface area contributed by atoms with E-state index in [1.54, 1.807) is 19.5 Å². The van der Waals surface area contributed by atoms with Crippen LogP contribution in [0, 0.1) is 0 Å². The van der Waals surface area contributed by atoms with E-state index >= 15 is 0 Å². The average Bonchev–Trinajstić information content (AvgIpc) is 3.27. The van der Waals surface area contributed by atoms with E-state index in [0.29, 0.717) is 23.0 Å². The SMILES string of the molecule is CCNc1ncc(-c2cc(C(=O)N3CCCC3)c3ccc(OC)cc3n2)cn1. The first kappa shape index (κ1) is 18.2. The van der Waals surface area contributed by atoms with Crippen LogP contribution in [0.5, 0.6) is 5.75 Å². The molecule has 3 heterocycles. The molecule has 1 N–H and O–H groups in total. The summed E-state index contributed by atoms with van der Waals surface area (Å²) in [6.07, 6.45) is 5.55. The Labute approximate surface area is 163 Å². The molecule has 0 spiro atoms. The predicted octanol–water partition coefficient (Wildman–Crippen LogP) is 3.37. The summed E-state index contributed by atoms with van der Waals surface area (Å²) in [7, 11) is 1.62. The lowest BCUT2D eigenvalue weighted by atomic mass is 10.0. The molecule has 7 heteroatoms. The Balaban J connectivity index is 1.82. The Hall–Kier alpha value is -3.22. The molecule has 7 nitrogen and oxygen atoms in total. The van der Waals surface area contributed by atoms with Gasteiger partial charge in [0.15, 0.2) is 0 Å². The predicted molar refractivity (Wildman–Crippen MR) is 109 cm³/mol. The van der Waals surface area contributed by atoms with Crippen LogP contribution in [-0.2, 0) is 0 Å². The van der Waals surface area contributed by atoms with Crippen LogP contribution < -0.4 is 10.1 Å². The molecule has 1 fully saturated rings. The molecule has 2 aromatic heterocycles. The number of methoxy groups -OCH3 is 1. The minimum Gasteiger partial charge on any atom is -0.497 e. The van der Waals surface area contributed by atoms with E-state index in [2.05, 4.69) is 15.3 Å². The van der Waals surface area contributed by atoms with Gasteiger partial charge in [0, 0.05) is 49.0 Å². The summed E-state index contributed by atoms with van der Waals surface area (Å²) >= 11 is 0. The summed E-state index contributed by atoms with van der Waals surface area (Å²) < 4.78 is 5.34. The molecule has 28 heavy (non-hydrogen) atoms. The molecule has 0 saturated carbocycles. The number of pyridine rings is 1. The number of nitrogens with zero attached hydrogens (tertiary/aromatic N) is 4. The Bertz CT molecular complexity index is 998. The second-order valence-electron chi connectivity index (χ2n) is 6.76. The number of anilines is 1. The standard InChI is InChI=1S/C21H23N5O2/c1-3-22-21-23-12-14(13-24-21)18-11-17(20(27)26-8-4-5-9-26)16-7-6-15(28-2)10-19(16)25-18/h6-7,10-13H,3-5,8-9H2,1-2H3,(H,22,23,24). The maximum Gasteiger partial charge on any atom is 0.254 e. The quantitative estimate of drug-likeness (QED) is 0.734. The Morgan fingerprint density at radius 2 is 1.93 bits per heavy atom. The third-order valence-electron chi connectivity index (χ3n) is 4.92. The highest BCUT2D eigenvalue weighted by Gasteiger charge is 2.23. The third kappa shape index (κ3) is 3.47. The Kier molecular flexibility index (Phi) is 5.06. The number of amides is 1. The normalized spacial score (nSPS) is 13.7. The highest BCUT2D eigenvalue weighted by Crippen LogP contribution is 2.29. The van der Waals surface area contributed by atoms with E-state index < -0.39 is 0 Å². The number of hydrogen-bond acceptors (Lipinski definition) is 6. The van der Waals surface area contributed by atoms with Gasteiger partial charge in [-0.2, -0.15) is 0 Å². The fraction of sp³-hybridized carbons (Fsp3) is 0.333. The second kappa shape index (κ2) is 7.80. The number of carbonyl (C=O) groups is 1. The first-order valence-corrected chi connectivity index (χ1v) is 9.54. The molecule has 1 saturated heterocycles. The van der Waals surface area contributed by atoms with Crippen molar-refractivity contribution in [1.82, 2.24) is 19.9 Å². The second-order valence-corrected chi connectivity index (χ2v) is 6.76. The fourth-order valence-corrected chi connectivity index (χ4v) is 3.46. The molecule has 1 amide bonds. The molecule has 0 radical (unpaired) electrons. The van der Waals surface area contributed by atoms with Crippen LogP contribution >= 0.6 is 0 Å². The summed E-state index contributed by atoms with van der Waals surface area (Å²) in [6, 6.07) is 7.46. The van der Waals surface area contributed by atoms with Crippen LogP contribution in [0.3, 0.4) is 0 Å². The zero-order valence-electron chi connectivity index (χ0n) is 16.1. The van der Waals surface area contributed by atoms with Crippen molar-refractivity contribution in [2.75, 3.05) is 32.1 Å². The molecule has 144 valence electrons. The zero-order valence-corrected chi connectivity index (χ0v) is 16.1. The largest absolute Gasteiger partial charge is 0.497 e. The van der Waals surface area contributed by atoms with Crippen molar-refractivity contribution in [1.29, 1.82) is 0 Å². The lowest BCUT2D eigenvalue weighted by molar-refractivity contribution is 0.0794. The van der Waals surface area contributed by atoms with E-state index in [1.807, 2.05) is 36.1 Å². The number of likely N-dealkylation sites (tertiary alicyclic amines) is 1. The molecule has 3 aromatic rings. The number of carbonyl (C=O) groups excluding carboxylic acids is 1. The molecular formula is C21H23N5O2. The lowest BCUT2D eigenvalue weighted by Gasteiger charge is -2.17. The maximum atomic E-state index is 13.2. The van der Waals surface area contributed by atoms with Crippen LogP contribution in [-0.4, -0.2) is 52.5 Å². The fourth-order valence-electron chi connectivity index (χ4n) is 3.46. The number of ether oxygens (including phenoxy) is 1. The zero-order chi connectivity index (χ0) is 19.5. The molecular weight excluding hydrogens is 354 g/mol. The summed E-state index contributed by atoms with van der Waals surface area (Å²) in [5.41, 5.74) is 2.81. The molecule has 4 rings (SSSR count). The molecule has 1 aliphatic rings. The first-order valence-electron chi connectivity index (χ1n) is 9.54. The number of hydrogen-bond donors (Lipinski definition) is 1. The van der Waals surface area contributed by atoms with Crippen LogP contribution in [0.1, 0.15) is 30.1 Å². The lowest BCUT2D eigenvalue weighted by Crippen LogP contribution is -2.27. The highest BCUT2D eigenvalue weighted by molar-refractivity contribution is 6.07. The van der Waals surface area contributed by atoms with E-state index in [9.17, 15) is 4.79 Å². The summed E-state index contributed by atoms with van der Waals surface area (Å²) in [5.74, 6) is 1.32. The Morgan fingerprint density at radius 1 is 1.18 bits per heavy atom. The van der Waals surface area contributed by atoms with E-state index in [-0.39, 0.29) is 5.91 Å². The topological polar surface area (TPSA) is 80.2 Å². The smallest absolute Gasteiger partial charge is 0.254 e. The third-order valence-corrected chi connectivity index (χ3v) is 4.92. The van der Waals surface area contributed by atoms with Crippen molar-refractivity contribution in [3.8, 4) is 17.0 Å². The van der Waals surface area contributed by atoms with Gasteiger partial charge in [0.2, 0.25) is 5.95 Å². The molecule has 0 unspecified atom stereocenters. The van der Waals surface area contributed by atoms with Crippen LogP contribution in [0.25, 0.3) is 22.2 Å². The van der Waals surface area contributed by atoms with Crippen molar-refractivity contribution < 1.29 is 9.53 Å². The van der Waals surface area contributed by atoms with Gasteiger partial charge in [-0.25, -0.2) is 15.0 Å². The number of benzene rings is 1. The summed E-state index contributed by atoms with van der Waals surface area (Å²) in [4.78, 5) is 28.5. The van der Waals surface area contributed by atoms with Crippen LogP contribution in [0.15, 0.2) is 36.7 Å². The minimum absolute atomic E-state index is 0.0431. The van der Waals surface area contributed by atoms with Crippen molar-refractivity contribution in [3.05, 3.63) is 42.2 Å². The monoisotopic (exact) mass is 377 g/mol. The Morgan fingerprint density at radius 3 is 2.61 bits per heavy atom. The highest BCUT2D eigenvalue weighted by atomic mass is 16.5. The maximum absolute atomic E-state index is 13.2. The number of rotatable bonds is 5. The average molecular weight is 377 g/mol. The van der Waals surface area contributed by atoms with Gasteiger partial charge < -0.3 is 15.0 Å². The number of fused-ring (bicyclic) bond motifs is 1. The molecule has 1 aromatic carbocycles. The van der Waals surface area contributed by atoms with Gasteiger partial charge in [0.25, 0.3) is 5.91 Å². The molecule has 0 aliphatic carbocycles. The van der Waals surface area contributed by atoms with Crippen LogP contribution in [0.4, 0.5) is 5.95 Å². The molecule has 0 atom stereocenters. The van der Waals surface area contributed by atoms with Crippen LogP contribution in [0.2, 0.25) is 0 Å². The van der Waals surface area contributed by atoms with E-state index in [0.717, 1.165) is 48.9 Å². The summed E-state index contributed by atoms with van der Waals surface area (Å²) in [6.45, 7) is 4.34. The van der Waals surface area contributed by atoms with Gasteiger partial charge in [0.05, 0.1) is 23.9 Å². The molecule has 1 aliphatic heterocycles. The van der Waals surface area contributed by atoms with Crippen molar-refractivity contribution in [3.63, 3.8) is 0 Å². The van der Waals surface area contributed by atoms with Gasteiger partial charge in [-0.3, -0.25) is 4.79 Å². The van der Waals surface area contributed by atoms with Gasteiger partial charge in [-0.1, -0.05) is 0 Å². The van der Waals surface area contributed by atoms with E-state index in [1.165, 1.54) is 0 Å². The number of nitrogens with one attached hydrogen (secondary N) is 1. The van der Waals surface area contributed by atoms with Gasteiger partial charge in [-0.05, 0) is 38.0 Å². The van der Waals surface area contributed by atoms with Crippen molar-refractivity contribution >= 4 is 22.8 Å². The molecule has 0 bridgehead atoms. The first-order chi connectivity index (χ1) is 13.7. The van der Waals surface area contributed by atoms with E-state index in [4.69, 9.17) is 9.72 Å². The minimum atomic E-state index is 0.0431. The van der Waals surface area contributed by atoms with Crippen molar-refractivity contribution in [2.45, 2.75) is 19.8 Å². The number of aromatic nitrogens is 3. The van der Waals surface area contributed by atoms with Gasteiger partial charge in [-0.15, -0.1) is 0 Å².